The number of benzene rings is 1. The van der Waals surface area contributed by atoms with Gasteiger partial charge in [-0.05, 0) is 47.6 Å². The molecule has 1 N–H and O–H groups in total. The third-order valence-corrected chi connectivity index (χ3v) is 3.08. The molecule has 1 aromatic rings. The Kier molecular flexibility index (Phi) is 4.91. The maximum Gasteiger partial charge on any atom is 0.175 e. The van der Waals surface area contributed by atoms with Gasteiger partial charge in [-0.15, -0.1) is 0 Å². The first-order valence-corrected chi connectivity index (χ1v) is 5.57. The van der Waals surface area contributed by atoms with Crippen LogP contribution in [0.1, 0.15) is 5.56 Å². The van der Waals surface area contributed by atoms with Crippen LogP contribution in [0, 0.1) is 0 Å². The third kappa shape index (κ3) is 2.86. The summed E-state index contributed by atoms with van der Waals surface area (Å²) in [6, 6.07) is 3.97. The fraction of sp³-hybridized carbons (Fsp3) is 0.455. The van der Waals surface area contributed by atoms with Crippen molar-refractivity contribution in [2.45, 2.75) is 6.42 Å². The summed E-state index contributed by atoms with van der Waals surface area (Å²) in [5, 5.41) is 3.12. The van der Waals surface area contributed by atoms with Gasteiger partial charge in [0.25, 0.3) is 0 Å². The van der Waals surface area contributed by atoms with Gasteiger partial charge in [0.05, 0.1) is 18.7 Å². The van der Waals surface area contributed by atoms with Gasteiger partial charge in [-0.2, -0.15) is 0 Å². The van der Waals surface area contributed by atoms with Crippen molar-refractivity contribution in [1.82, 2.24) is 5.32 Å². The first-order valence-electron chi connectivity index (χ1n) is 4.78. The molecule has 0 aliphatic rings. The minimum absolute atomic E-state index is 0.748. The summed E-state index contributed by atoms with van der Waals surface area (Å²) in [7, 11) is 5.22. The fourth-order valence-electron chi connectivity index (χ4n) is 1.38. The molecule has 84 valence electrons. The summed E-state index contributed by atoms with van der Waals surface area (Å²) in [6.45, 7) is 0.939. The van der Waals surface area contributed by atoms with Crippen molar-refractivity contribution < 1.29 is 9.47 Å². The lowest BCUT2D eigenvalue weighted by molar-refractivity contribution is 0.352. The zero-order valence-electron chi connectivity index (χ0n) is 9.26. The Labute approximate surface area is 98.9 Å². The van der Waals surface area contributed by atoms with E-state index in [0.717, 1.165) is 28.9 Å². The molecule has 0 atom stereocenters. The number of likely N-dealkylation sites (N-methyl/N-ethyl adjacent to an activating group) is 1. The Bertz CT molecular complexity index is 329. The highest BCUT2D eigenvalue weighted by Crippen LogP contribution is 2.37. The molecule has 0 amide bonds. The second-order valence-corrected chi connectivity index (χ2v) is 3.92. The number of nitrogens with one attached hydrogen (secondary N) is 1. The van der Waals surface area contributed by atoms with Gasteiger partial charge >= 0.3 is 0 Å². The van der Waals surface area contributed by atoms with Crippen molar-refractivity contribution in [3.63, 3.8) is 0 Å². The van der Waals surface area contributed by atoms with Gasteiger partial charge < -0.3 is 14.8 Å². The molecule has 4 heteroatoms. The lowest BCUT2D eigenvalue weighted by atomic mass is 10.1. The normalized spacial score (nSPS) is 10.1. The van der Waals surface area contributed by atoms with E-state index in [0.29, 0.717) is 0 Å². The predicted octanol–water partition coefficient (Wildman–Crippen LogP) is 2.23. The minimum atomic E-state index is 0.748. The predicted molar refractivity (Wildman–Crippen MR) is 64.9 cm³/mol. The van der Waals surface area contributed by atoms with E-state index in [2.05, 4.69) is 21.2 Å². The molecule has 0 aliphatic carbocycles. The monoisotopic (exact) mass is 273 g/mol. The summed E-state index contributed by atoms with van der Waals surface area (Å²) in [5.74, 6) is 1.50. The summed E-state index contributed by atoms with van der Waals surface area (Å²) in [4.78, 5) is 0. The van der Waals surface area contributed by atoms with Crippen LogP contribution in [0.15, 0.2) is 16.6 Å². The van der Waals surface area contributed by atoms with Crippen molar-refractivity contribution in [2.75, 3.05) is 27.8 Å². The lowest BCUT2D eigenvalue weighted by Crippen LogP contribution is -2.10. The van der Waals surface area contributed by atoms with Gasteiger partial charge in [0.1, 0.15) is 0 Å². The van der Waals surface area contributed by atoms with Gasteiger partial charge in [0.15, 0.2) is 11.5 Å². The smallest absolute Gasteiger partial charge is 0.175 e. The first-order chi connectivity index (χ1) is 7.24. The van der Waals surface area contributed by atoms with E-state index in [9.17, 15) is 0 Å². The Hall–Kier alpha value is -0.740. The molecule has 0 saturated heterocycles. The maximum atomic E-state index is 5.30. The fourth-order valence-corrected chi connectivity index (χ4v) is 2.07. The molecule has 0 unspecified atom stereocenters. The maximum absolute atomic E-state index is 5.30. The van der Waals surface area contributed by atoms with Crippen LogP contribution < -0.4 is 14.8 Å². The van der Waals surface area contributed by atoms with Crippen molar-refractivity contribution in [2.24, 2.45) is 0 Å². The Balaban J connectivity index is 3.00. The highest BCUT2D eigenvalue weighted by Gasteiger charge is 2.11. The molecular formula is C11H16BrNO2. The molecular weight excluding hydrogens is 258 g/mol. The topological polar surface area (TPSA) is 30.5 Å². The van der Waals surface area contributed by atoms with Crippen LogP contribution in [0.25, 0.3) is 0 Å². The van der Waals surface area contributed by atoms with Crippen LogP contribution in [0.4, 0.5) is 0 Å². The van der Waals surface area contributed by atoms with Crippen molar-refractivity contribution in [3.8, 4) is 11.5 Å². The highest BCUT2D eigenvalue weighted by atomic mass is 79.9. The van der Waals surface area contributed by atoms with Crippen LogP contribution in [0.3, 0.4) is 0 Å². The molecule has 0 radical (unpaired) electrons. The van der Waals surface area contributed by atoms with E-state index in [1.54, 1.807) is 14.2 Å². The van der Waals surface area contributed by atoms with E-state index < -0.39 is 0 Å². The highest BCUT2D eigenvalue weighted by molar-refractivity contribution is 9.10. The molecule has 0 aliphatic heterocycles. The Morgan fingerprint density at radius 1 is 1.27 bits per heavy atom. The van der Waals surface area contributed by atoms with Crippen molar-refractivity contribution in [1.29, 1.82) is 0 Å². The molecule has 1 aromatic carbocycles. The molecule has 0 bridgehead atoms. The van der Waals surface area contributed by atoms with Crippen LogP contribution >= 0.6 is 15.9 Å². The number of rotatable bonds is 5. The van der Waals surface area contributed by atoms with E-state index >= 15 is 0 Å². The molecule has 1 rings (SSSR count). The minimum Gasteiger partial charge on any atom is -0.493 e. The lowest BCUT2D eigenvalue weighted by Gasteiger charge is -2.12. The third-order valence-electron chi connectivity index (χ3n) is 2.21. The number of hydrogen-bond donors (Lipinski definition) is 1. The largest absolute Gasteiger partial charge is 0.493 e. The van der Waals surface area contributed by atoms with Crippen molar-refractivity contribution in [3.05, 3.63) is 22.2 Å². The van der Waals surface area contributed by atoms with E-state index in [1.807, 2.05) is 19.2 Å². The van der Waals surface area contributed by atoms with Gasteiger partial charge in [0, 0.05) is 0 Å². The van der Waals surface area contributed by atoms with Crippen molar-refractivity contribution >= 4 is 15.9 Å². The van der Waals surface area contributed by atoms with E-state index in [1.165, 1.54) is 5.56 Å². The van der Waals surface area contributed by atoms with Gasteiger partial charge in [-0.3, -0.25) is 0 Å². The summed E-state index contributed by atoms with van der Waals surface area (Å²) in [6.07, 6.45) is 0.956. The van der Waals surface area contributed by atoms with Gasteiger partial charge in [-0.25, -0.2) is 0 Å². The average molecular weight is 274 g/mol. The SMILES string of the molecule is CNCCc1ccc(OC)c(OC)c1Br. The first kappa shape index (κ1) is 12.3. The average Bonchev–Trinajstić information content (AvgIpc) is 2.27. The van der Waals surface area contributed by atoms with E-state index in [-0.39, 0.29) is 0 Å². The zero-order valence-corrected chi connectivity index (χ0v) is 10.8. The molecule has 0 saturated carbocycles. The second-order valence-electron chi connectivity index (χ2n) is 3.13. The number of halogens is 1. The zero-order chi connectivity index (χ0) is 11.3. The molecule has 15 heavy (non-hydrogen) atoms. The Morgan fingerprint density at radius 3 is 2.53 bits per heavy atom. The van der Waals surface area contributed by atoms with Crippen LogP contribution in [-0.2, 0) is 6.42 Å². The second kappa shape index (κ2) is 5.98. The number of methoxy groups -OCH3 is 2. The number of hydrogen-bond acceptors (Lipinski definition) is 3. The molecule has 3 nitrogen and oxygen atoms in total. The standard InChI is InChI=1S/C11H16BrNO2/c1-13-7-6-8-4-5-9(14-2)11(15-3)10(8)12/h4-5,13H,6-7H2,1-3H3. The molecule has 0 fully saturated rings. The quantitative estimate of drug-likeness (QED) is 0.893. The summed E-state index contributed by atoms with van der Waals surface area (Å²) >= 11 is 3.53. The number of ether oxygens (including phenoxy) is 2. The van der Waals surface area contributed by atoms with Crippen LogP contribution in [0.5, 0.6) is 11.5 Å². The molecule has 0 aromatic heterocycles. The summed E-state index contributed by atoms with van der Waals surface area (Å²) in [5.41, 5.74) is 1.21. The molecule has 0 spiro atoms. The van der Waals surface area contributed by atoms with Gasteiger partial charge in [-0.1, -0.05) is 6.07 Å². The van der Waals surface area contributed by atoms with E-state index in [4.69, 9.17) is 9.47 Å². The van der Waals surface area contributed by atoms with Crippen LogP contribution in [-0.4, -0.2) is 27.8 Å². The summed E-state index contributed by atoms with van der Waals surface area (Å²) < 4.78 is 11.5. The van der Waals surface area contributed by atoms with Crippen LogP contribution in [0.2, 0.25) is 0 Å². The van der Waals surface area contributed by atoms with Gasteiger partial charge in [0.2, 0.25) is 0 Å². The molecule has 0 heterocycles. The Morgan fingerprint density at radius 2 is 2.00 bits per heavy atom.